The van der Waals surface area contributed by atoms with Crippen LogP contribution < -0.4 is 5.48 Å². The highest BCUT2D eigenvalue weighted by Crippen LogP contribution is 2.18. The summed E-state index contributed by atoms with van der Waals surface area (Å²) in [4.78, 5) is 16.2. The largest absolute Gasteiger partial charge is 0.382 e. The molecule has 1 amide bonds. The number of hydrogen-bond donors (Lipinski definition) is 1. The van der Waals surface area contributed by atoms with E-state index < -0.39 is 15.8 Å². The SMILES string of the molecule is COCCONC(=O)C1CCS(=O)(=O)C1. The van der Waals surface area contributed by atoms with Crippen molar-refractivity contribution in [3.63, 3.8) is 0 Å². The summed E-state index contributed by atoms with van der Waals surface area (Å²) >= 11 is 0. The first-order valence-corrected chi connectivity index (χ1v) is 6.48. The van der Waals surface area contributed by atoms with Gasteiger partial charge in [0, 0.05) is 7.11 Å². The van der Waals surface area contributed by atoms with Crippen molar-refractivity contribution in [1.82, 2.24) is 5.48 Å². The normalized spacial score (nSPS) is 23.9. The second-order valence-corrected chi connectivity index (χ2v) is 5.64. The molecule has 1 rings (SSSR count). The number of amides is 1. The number of hydrogen-bond acceptors (Lipinski definition) is 5. The fourth-order valence-electron chi connectivity index (χ4n) is 1.33. The first-order chi connectivity index (χ1) is 7.05. The molecule has 15 heavy (non-hydrogen) atoms. The second kappa shape index (κ2) is 5.43. The van der Waals surface area contributed by atoms with Crippen LogP contribution in [0, 0.1) is 5.92 Å². The summed E-state index contributed by atoms with van der Waals surface area (Å²) in [6, 6.07) is 0. The van der Waals surface area contributed by atoms with Crippen LogP contribution in [0.1, 0.15) is 6.42 Å². The highest BCUT2D eigenvalue weighted by molar-refractivity contribution is 7.91. The highest BCUT2D eigenvalue weighted by Gasteiger charge is 2.32. The minimum atomic E-state index is -3.02. The predicted molar refractivity (Wildman–Crippen MR) is 52.7 cm³/mol. The summed E-state index contributed by atoms with van der Waals surface area (Å²) in [6.45, 7) is 0.630. The van der Waals surface area contributed by atoms with Gasteiger partial charge in [0.2, 0.25) is 5.91 Å². The van der Waals surface area contributed by atoms with Crippen molar-refractivity contribution in [2.75, 3.05) is 31.8 Å². The maximum absolute atomic E-state index is 11.4. The molecule has 7 heteroatoms. The summed E-state index contributed by atoms with van der Waals surface area (Å²) in [6.07, 6.45) is 0.377. The number of rotatable bonds is 5. The molecule has 6 nitrogen and oxygen atoms in total. The summed E-state index contributed by atoms with van der Waals surface area (Å²) < 4.78 is 26.9. The Balaban J connectivity index is 2.24. The Morgan fingerprint density at radius 1 is 1.47 bits per heavy atom. The van der Waals surface area contributed by atoms with E-state index in [-0.39, 0.29) is 24.0 Å². The van der Waals surface area contributed by atoms with Crippen molar-refractivity contribution < 1.29 is 22.8 Å². The van der Waals surface area contributed by atoms with Crippen LogP contribution >= 0.6 is 0 Å². The van der Waals surface area contributed by atoms with Crippen LogP contribution in [0.2, 0.25) is 0 Å². The Kier molecular flexibility index (Phi) is 4.49. The third-order valence-electron chi connectivity index (χ3n) is 2.17. The van der Waals surface area contributed by atoms with Gasteiger partial charge in [0.15, 0.2) is 9.84 Å². The molecule has 1 aliphatic heterocycles. The lowest BCUT2D eigenvalue weighted by Gasteiger charge is -2.08. The molecule has 88 valence electrons. The van der Waals surface area contributed by atoms with Crippen molar-refractivity contribution in [3.05, 3.63) is 0 Å². The van der Waals surface area contributed by atoms with E-state index in [2.05, 4.69) is 5.48 Å². The summed E-state index contributed by atoms with van der Waals surface area (Å²) in [7, 11) is -1.49. The first kappa shape index (κ1) is 12.4. The number of methoxy groups -OCH3 is 1. The minimum Gasteiger partial charge on any atom is -0.382 e. The Bertz CT molecular complexity index is 313. The zero-order valence-corrected chi connectivity index (χ0v) is 9.38. The van der Waals surface area contributed by atoms with Crippen LogP contribution in [-0.2, 0) is 24.2 Å². The molecule has 1 atom stereocenters. The van der Waals surface area contributed by atoms with Crippen LogP contribution in [0.5, 0.6) is 0 Å². The molecular formula is C8H15NO5S. The first-order valence-electron chi connectivity index (χ1n) is 4.66. The number of sulfone groups is 1. The number of ether oxygens (including phenoxy) is 1. The molecule has 0 aromatic carbocycles. The smallest absolute Gasteiger partial charge is 0.247 e. The van der Waals surface area contributed by atoms with Gasteiger partial charge < -0.3 is 4.74 Å². The average molecular weight is 237 g/mol. The molecule has 1 N–H and O–H groups in total. The van der Waals surface area contributed by atoms with Crippen molar-refractivity contribution in [3.8, 4) is 0 Å². The van der Waals surface area contributed by atoms with Crippen LogP contribution in [0.25, 0.3) is 0 Å². The van der Waals surface area contributed by atoms with Crippen molar-refractivity contribution in [2.24, 2.45) is 5.92 Å². The Morgan fingerprint density at radius 2 is 2.20 bits per heavy atom. The lowest BCUT2D eigenvalue weighted by atomic mass is 10.1. The quantitative estimate of drug-likeness (QED) is 0.496. The van der Waals surface area contributed by atoms with Gasteiger partial charge in [-0.1, -0.05) is 0 Å². The van der Waals surface area contributed by atoms with Gasteiger partial charge in [-0.2, -0.15) is 0 Å². The van der Waals surface area contributed by atoms with E-state index in [0.717, 1.165) is 0 Å². The molecule has 1 unspecified atom stereocenters. The van der Waals surface area contributed by atoms with E-state index in [1.165, 1.54) is 7.11 Å². The van der Waals surface area contributed by atoms with Crippen LogP contribution in [0.15, 0.2) is 0 Å². The van der Waals surface area contributed by atoms with Crippen molar-refractivity contribution in [2.45, 2.75) is 6.42 Å². The zero-order valence-electron chi connectivity index (χ0n) is 8.56. The summed E-state index contributed by atoms with van der Waals surface area (Å²) in [5.41, 5.74) is 2.21. The van der Waals surface area contributed by atoms with E-state index in [1.54, 1.807) is 0 Å². The minimum absolute atomic E-state index is 0.0769. The number of nitrogens with one attached hydrogen (secondary N) is 1. The zero-order chi connectivity index (χ0) is 11.3. The summed E-state index contributed by atoms with van der Waals surface area (Å²) in [5.74, 6) is -0.833. The molecular weight excluding hydrogens is 222 g/mol. The van der Waals surface area contributed by atoms with Crippen molar-refractivity contribution >= 4 is 15.7 Å². The van der Waals surface area contributed by atoms with Gasteiger partial charge >= 0.3 is 0 Å². The monoisotopic (exact) mass is 237 g/mol. The second-order valence-electron chi connectivity index (χ2n) is 3.41. The fourth-order valence-corrected chi connectivity index (χ4v) is 3.07. The van der Waals surface area contributed by atoms with Crippen molar-refractivity contribution in [1.29, 1.82) is 0 Å². The molecule has 1 heterocycles. The number of hydroxylamine groups is 1. The van der Waals surface area contributed by atoms with Crippen LogP contribution in [0.4, 0.5) is 0 Å². The van der Waals surface area contributed by atoms with E-state index >= 15 is 0 Å². The Morgan fingerprint density at radius 3 is 2.73 bits per heavy atom. The lowest BCUT2D eigenvalue weighted by molar-refractivity contribution is -0.138. The molecule has 0 aromatic heterocycles. The average Bonchev–Trinajstić information content (AvgIpc) is 2.53. The number of carbonyl (C=O) groups excluding carboxylic acids is 1. The van der Waals surface area contributed by atoms with Gasteiger partial charge in [0.1, 0.15) is 0 Å². The van der Waals surface area contributed by atoms with Gasteiger partial charge in [-0.25, -0.2) is 13.9 Å². The van der Waals surface area contributed by atoms with E-state index in [9.17, 15) is 13.2 Å². The molecule has 0 aromatic rings. The Hall–Kier alpha value is -0.660. The maximum atomic E-state index is 11.4. The van der Waals surface area contributed by atoms with Gasteiger partial charge in [-0.3, -0.25) is 9.63 Å². The van der Waals surface area contributed by atoms with Crippen LogP contribution in [0.3, 0.4) is 0 Å². The molecule has 1 aliphatic rings. The summed E-state index contributed by atoms with van der Waals surface area (Å²) in [5, 5.41) is 0. The topological polar surface area (TPSA) is 81.7 Å². The number of carbonyl (C=O) groups is 1. The van der Waals surface area contributed by atoms with E-state index in [4.69, 9.17) is 9.57 Å². The molecule has 0 saturated carbocycles. The molecule has 1 fully saturated rings. The van der Waals surface area contributed by atoms with Gasteiger partial charge in [0.25, 0.3) is 0 Å². The van der Waals surface area contributed by atoms with E-state index in [1.807, 2.05) is 0 Å². The van der Waals surface area contributed by atoms with E-state index in [0.29, 0.717) is 13.0 Å². The molecule has 0 aliphatic carbocycles. The standard InChI is InChI=1S/C8H15NO5S/c1-13-3-4-14-9-8(10)7-2-5-15(11,12)6-7/h7H,2-6H2,1H3,(H,9,10). The highest BCUT2D eigenvalue weighted by atomic mass is 32.2. The van der Waals surface area contributed by atoms with Gasteiger partial charge in [0.05, 0.1) is 30.6 Å². The lowest BCUT2D eigenvalue weighted by Crippen LogP contribution is -2.32. The Labute approximate surface area is 88.8 Å². The molecule has 0 spiro atoms. The molecule has 0 radical (unpaired) electrons. The fraction of sp³-hybridized carbons (Fsp3) is 0.875. The van der Waals surface area contributed by atoms with Crippen LogP contribution in [-0.4, -0.2) is 46.2 Å². The van der Waals surface area contributed by atoms with Gasteiger partial charge in [-0.05, 0) is 6.42 Å². The third-order valence-corrected chi connectivity index (χ3v) is 3.93. The van der Waals surface area contributed by atoms with Gasteiger partial charge in [-0.15, -0.1) is 0 Å². The maximum Gasteiger partial charge on any atom is 0.247 e. The molecule has 1 saturated heterocycles. The predicted octanol–water partition coefficient (Wildman–Crippen LogP) is -0.885. The third kappa shape index (κ3) is 4.15. The molecule has 0 bridgehead atoms.